The summed E-state index contributed by atoms with van der Waals surface area (Å²) in [6.07, 6.45) is 1.67. The standard InChI is InChI=1S/C13H11IO3/c1-3-6-16-10-5-4-9-8(2)7-11(15)17-13(9)12(10)14/h3-5,7H,1,6H2,2H3. The minimum Gasteiger partial charge on any atom is -0.488 e. The average Bonchev–Trinajstić information content (AvgIpc) is 2.29. The first kappa shape index (κ1) is 12.2. The van der Waals surface area contributed by atoms with Gasteiger partial charge in [0.25, 0.3) is 0 Å². The fourth-order valence-electron chi connectivity index (χ4n) is 1.59. The van der Waals surface area contributed by atoms with E-state index in [1.165, 1.54) is 6.07 Å². The largest absolute Gasteiger partial charge is 0.488 e. The molecule has 3 nitrogen and oxygen atoms in total. The number of aryl methyl sites for hydroxylation is 1. The average molecular weight is 342 g/mol. The lowest BCUT2D eigenvalue weighted by Gasteiger charge is -2.08. The molecule has 0 aliphatic carbocycles. The van der Waals surface area contributed by atoms with Gasteiger partial charge in [-0.2, -0.15) is 0 Å². The molecule has 0 atom stereocenters. The monoisotopic (exact) mass is 342 g/mol. The van der Waals surface area contributed by atoms with E-state index in [9.17, 15) is 4.79 Å². The van der Waals surface area contributed by atoms with Crippen LogP contribution in [0.1, 0.15) is 5.56 Å². The highest BCUT2D eigenvalue weighted by Crippen LogP contribution is 2.30. The van der Waals surface area contributed by atoms with Crippen LogP contribution < -0.4 is 10.4 Å². The normalized spacial score (nSPS) is 10.5. The molecule has 88 valence electrons. The Bertz CT molecular complexity index is 628. The summed E-state index contributed by atoms with van der Waals surface area (Å²) < 4.78 is 11.5. The van der Waals surface area contributed by atoms with Gasteiger partial charge >= 0.3 is 5.63 Å². The van der Waals surface area contributed by atoms with Crippen molar-refractivity contribution in [1.82, 2.24) is 0 Å². The molecule has 1 heterocycles. The zero-order valence-corrected chi connectivity index (χ0v) is 11.5. The van der Waals surface area contributed by atoms with Gasteiger partial charge in [-0.05, 0) is 47.2 Å². The molecule has 0 radical (unpaired) electrons. The van der Waals surface area contributed by atoms with Crippen LogP contribution in [-0.2, 0) is 0 Å². The van der Waals surface area contributed by atoms with Gasteiger partial charge < -0.3 is 9.15 Å². The molecule has 0 fully saturated rings. The van der Waals surface area contributed by atoms with Gasteiger partial charge in [0.15, 0.2) is 5.58 Å². The lowest BCUT2D eigenvalue weighted by Crippen LogP contribution is -2.01. The van der Waals surface area contributed by atoms with Gasteiger partial charge in [-0.1, -0.05) is 12.7 Å². The Morgan fingerprint density at radius 2 is 2.29 bits per heavy atom. The maximum absolute atomic E-state index is 11.4. The fourth-order valence-corrected chi connectivity index (χ4v) is 2.33. The molecule has 0 unspecified atom stereocenters. The van der Waals surface area contributed by atoms with Crippen molar-refractivity contribution < 1.29 is 9.15 Å². The topological polar surface area (TPSA) is 39.4 Å². The number of hydrogen-bond donors (Lipinski definition) is 0. The molecule has 4 heteroatoms. The van der Waals surface area contributed by atoms with E-state index in [4.69, 9.17) is 9.15 Å². The van der Waals surface area contributed by atoms with Gasteiger partial charge in [-0.3, -0.25) is 0 Å². The summed E-state index contributed by atoms with van der Waals surface area (Å²) in [6, 6.07) is 5.26. The second-order valence-corrected chi connectivity index (χ2v) is 4.68. The quantitative estimate of drug-likeness (QED) is 0.488. The maximum Gasteiger partial charge on any atom is 0.336 e. The molecule has 0 aliphatic heterocycles. The second kappa shape index (κ2) is 4.91. The van der Waals surface area contributed by atoms with Crippen LogP contribution in [0.4, 0.5) is 0 Å². The molecule has 0 spiro atoms. The molecular weight excluding hydrogens is 331 g/mol. The van der Waals surface area contributed by atoms with Crippen LogP contribution in [0.3, 0.4) is 0 Å². The lowest BCUT2D eigenvalue weighted by atomic mass is 10.1. The van der Waals surface area contributed by atoms with E-state index in [0.29, 0.717) is 17.9 Å². The van der Waals surface area contributed by atoms with Gasteiger partial charge in [0.05, 0.1) is 3.57 Å². The van der Waals surface area contributed by atoms with Crippen molar-refractivity contribution in [2.24, 2.45) is 0 Å². The van der Waals surface area contributed by atoms with E-state index in [1.54, 1.807) is 6.08 Å². The number of rotatable bonds is 3. The van der Waals surface area contributed by atoms with Crippen molar-refractivity contribution in [2.75, 3.05) is 6.61 Å². The minimum atomic E-state index is -0.339. The zero-order chi connectivity index (χ0) is 12.4. The molecule has 17 heavy (non-hydrogen) atoms. The SMILES string of the molecule is C=CCOc1ccc2c(C)cc(=O)oc2c1I. The third-order valence-electron chi connectivity index (χ3n) is 2.38. The van der Waals surface area contributed by atoms with Crippen LogP contribution in [0.5, 0.6) is 5.75 Å². The molecule has 2 rings (SSSR count). The summed E-state index contributed by atoms with van der Waals surface area (Å²) >= 11 is 2.12. The van der Waals surface area contributed by atoms with Crippen LogP contribution in [0.2, 0.25) is 0 Å². The van der Waals surface area contributed by atoms with E-state index >= 15 is 0 Å². The molecule has 0 saturated heterocycles. The third-order valence-corrected chi connectivity index (χ3v) is 3.40. The first-order valence-electron chi connectivity index (χ1n) is 5.10. The summed E-state index contributed by atoms with van der Waals surface area (Å²) in [5.41, 5.74) is 1.15. The van der Waals surface area contributed by atoms with E-state index in [1.807, 2.05) is 19.1 Å². The Kier molecular flexibility index (Phi) is 3.51. The summed E-state index contributed by atoms with van der Waals surface area (Å²) in [5.74, 6) is 0.701. The van der Waals surface area contributed by atoms with Crippen molar-refractivity contribution in [2.45, 2.75) is 6.92 Å². The van der Waals surface area contributed by atoms with Gasteiger partial charge in [-0.15, -0.1) is 0 Å². The van der Waals surface area contributed by atoms with Crippen LogP contribution in [0.25, 0.3) is 11.0 Å². The molecular formula is C13H11IO3. The number of fused-ring (bicyclic) bond motifs is 1. The molecule has 0 bridgehead atoms. The predicted molar refractivity (Wildman–Crippen MR) is 75.6 cm³/mol. The number of benzene rings is 1. The molecule has 2 aromatic rings. The minimum absolute atomic E-state index is 0.339. The molecule has 1 aromatic heterocycles. The second-order valence-electron chi connectivity index (χ2n) is 3.60. The summed E-state index contributed by atoms with van der Waals surface area (Å²) in [6.45, 7) is 5.91. The molecule has 0 saturated carbocycles. The third kappa shape index (κ3) is 2.36. The summed E-state index contributed by atoms with van der Waals surface area (Å²) in [5, 5.41) is 0.931. The smallest absolute Gasteiger partial charge is 0.336 e. The van der Waals surface area contributed by atoms with Gasteiger partial charge in [-0.25, -0.2) is 4.79 Å². The van der Waals surface area contributed by atoms with Crippen molar-refractivity contribution in [3.05, 3.63) is 50.4 Å². The molecule has 0 aliphatic rings. The summed E-state index contributed by atoms with van der Waals surface area (Å²) in [4.78, 5) is 11.4. The van der Waals surface area contributed by atoms with E-state index in [-0.39, 0.29) is 5.63 Å². The van der Waals surface area contributed by atoms with E-state index in [0.717, 1.165) is 14.5 Å². The lowest BCUT2D eigenvalue weighted by molar-refractivity contribution is 0.360. The van der Waals surface area contributed by atoms with Crippen molar-refractivity contribution >= 4 is 33.6 Å². The first-order valence-corrected chi connectivity index (χ1v) is 6.18. The van der Waals surface area contributed by atoms with Crippen LogP contribution in [0, 0.1) is 10.5 Å². The van der Waals surface area contributed by atoms with E-state index in [2.05, 4.69) is 29.2 Å². The molecule has 1 aromatic carbocycles. The highest BCUT2D eigenvalue weighted by Gasteiger charge is 2.10. The summed E-state index contributed by atoms with van der Waals surface area (Å²) in [7, 11) is 0. The molecule has 0 N–H and O–H groups in total. The Labute approximate surface area is 112 Å². The Hall–Kier alpha value is -1.30. The van der Waals surface area contributed by atoms with Crippen LogP contribution in [0.15, 0.2) is 40.1 Å². The van der Waals surface area contributed by atoms with Crippen LogP contribution in [-0.4, -0.2) is 6.61 Å². The van der Waals surface area contributed by atoms with Crippen molar-refractivity contribution in [3.63, 3.8) is 0 Å². The number of hydrogen-bond acceptors (Lipinski definition) is 3. The van der Waals surface area contributed by atoms with Gasteiger partial charge in [0.2, 0.25) is 0 Å². The zero-order valence-electron chi connectivity index (χ0n) is 9.33. The Morgan fingerprint density at radius 1 is 1.53 bits per heavy atom. The van der Waals surface area contributed by atoms with E-state index < -0.39 is 0 Å². The maximum atomic E-state index is 11.4. The van der Waals surface area contributed by atoms with Crippen molar-refractivity contribution in [1.29, 1.82) is 0 Å². The highest BCUT2D eigenvalue weighted by atomic mass is 127. The molecule has 0 amide bonds. The number of halogens is 1. The predicted octanol–water partition coefficient (Wildman–Crippen LogP) is 3.27. The van der Waals surface area contributed by atoms with Crippen molar-refractivity contribution in [3.8, 4) is 5.75 Å². The highest BCUT2D eigenvalue weighted by molar-refractivity contribution is 14.1. The Balaban J connectivity index is 2.66. The Morgan fingerprint density at radius 3 is 3.00 bits per heavy atom. The number of ether oxygens (including phenoxy) is 1. The first-order chi connectivity index (χ1) is 8.13. The van der Waals surface area contributed by atoms with Crippen LogP contribution >= 0.6 is 22.6 Å². The van der Waals surface area contributed by atoms with Gasteiger partial charge in [0.1, 0.15) is 12.4 Å². The van der Waals surface area contributed by atoms with Gasteiger partial charge in [0, 0.05) is 11.5 Å². The fraction of sp³-hybridized carbons (Fsp3) is 0.154.